The van der Waals surface area contributed by atoms with Gasteiger partial charge in [-0.15, -0.1) is 0 Å². The number of hydrogen-bond donors (Lipinski definition) is 4. The van der Waals surface area contributed by atoms with Gasteiger partial charge in [0.2, 0.25) is 11.2 Å². The predicted octanol–water partition coefficient (Wildman–Crippen LogP) is 1.73. The first-order valence-corrected chi connectivity index (χ1v) is 6.91. The van der Waals surface area contributed by atoms with Crippen molar-refractivity contribution in [2.45, 2.75) is 0 Å². The first-order valence-electron chi connectivity index (χ1n) is 6.91. The van der Waals surface area contributed by atoms with Gasteiger partial charge in [0.15, 0.2) is 17.2 Å². The largest absolute Gasteiger partial charge is 0.504 e. The van der Waals surface area contributed by atoms with Gasteiger partial charge in [0, 0.05) is 16.5 Å². The Kier molecular flexibility index (Phi) is 3.67. The number of fused-ring (bicyclic) bond motifs is 3. The number of benzene rings is 1. The average Bonchev–Trinajstić information content (AvgIpc) is 2.69. The molecule has 1 aliphatic heterocycles. The van der Waals surface area contributed by atoms with Crippen LogP contribution in [0.2, 0.25) is 0 Å². The topological polar surface area (TPSA) is 107 Å². The van der Waals surface area contributed by atoms with E-state index < -0.39 is 22.7 Å². The zero-order valence-electron chi connectivity index (χ0n) is 12.0. The summed E-state index contributed by atoms with van der Waals surface area (Å²) in [5, 5.41) is 39.3. The molecule has 0 radical (unpaired) electrons. The average molecular weight is 314 g/mol. The Bertz CT molecular complexity index is 911. The van der Waals surface area contributed by atoms with Gasteiger partial charge >= 0.3 is 0 Å². The number of ether oxygens (including phenoxy) is 1. The van der Waals surface area contributed by atoms with Gasteiger partial charge in [0.25, 0.3) is 0 Å². The maximum absolute atomic E-state index is 12.5. The van der Waals surface area contributed by atoms with E-state index in [-0.39, 0.29) is 29.9 Å². The van der Waals surface area contributed by atoms with Crippen LogP contribution in [0.25, 0.3) is 22.9 Å². The van der Waals surface area contributed by atoms with Crippen LogP contribution in [0.4, 0.5) is 0 Å². The molecule has 2 aromatic carbocycles. The van der Waals surface area contributed by atoms with Crippen LogP contribution in [0.1, 0.15) is 11.1 Å². The van der Waals surface area contributed by atoms with E-state index in [0.29, 0.717) is 10.9 Å². The van der Waals surface area contributed by atoms with Crippen LogP contribution in [0.15, 0.2) is 29.1 Å². The lowest BCUT2D eigenvalue weighted by Gasteiger charge is -2.16. The number of phenols is 2. The van der Waals surface area contributed by atoms with Crippen molar-refractivity contribution in [3.63, 3.8) is 0 Å². The Balaban J connectivity index is 2.50. The molecule has 23 heavy (non-hydrogen) atoms. The van der Waals surface area contributed by atoms with Gasteiger partial charge in [-0.1, -0.05) is 30.4 Å². The van der Waals surface area contributed by atoms with Crippen molar-refractivity contribution >= 4 is 22.9 Å². The fraction of sp³-hybridized carbons (Fsp3) is 0.118. The summed E-state index contributed by atoms with van der Waals surface area (Å²) >= 11 is 0. The minimum Gasteiger partial charge on any atom is -0.504 e. The van der Waals surface area contributed by atoms with E-state index in [9.17, 15) is 20.1 Å². The van der Waals surface area contributed by atoms with Gasteiger partial charge in [0.1, 0.15) is 6.61 Å². The van der Waals surface area contributed by atoms with Crippen LogP contribution >= 0.6 is 0 Å². The molecule has 0 spiro atoms. The lowest BCUT2D eigenvalue weighted by Crippen LogP contribution is -2.04. The summed E-state index contributed by atoms with van der Waals surface area (Å²) in [7, 11) is 0. The molecule has 0 saturated carbocycles. The zero-order chi connectivity index (χ0) is 16.6. The lowest BCUT2D eigenvalue weighted by molar-refractivity contribution is 0.322. The van der Waals surface area contributed by atoms with E-state index in [1.54, 1.807) is 18.2 Å². The molecule has 2 aromatic rings. The lowest BCUT2D eigenvalue weighted by atomic mass is 10.0. The summed E-state index contributed by atoms with van der Waals surface area (Å²) in [6, 6.07) is 3.04. The van der Waals surface area contributed by atoms with Crippen LogP contribution in [0.3, 0.4) is 0 Å². The number of aliphatic hydroxyl groups excluding tert-OH is 1. The Morgan fingerprint density at radius 2 is 1.91 bits per heavy atom. The first-order chi connectivity index (χ1) is 11.1. The van der Waals surface area contributed by atoms with Gasteiger partial charge in [-0.2, -0.15) is 0 Å². The van der Waals surface area contributed by atoms with Gasteiger partial charge in [-0.05, 0) is 6.08 Å². The molecule has 0 saturated heterocycles. The van der Waals surface area contributed by atoms with Gasteiger partial charge < -0.3 is 25.2 Å². The van der Waals surface area contributed by atoms with Crippen molar-refractivity contribution in [2.75, 3.05) is 13.2 Å². The Morgan fingerprint density at radius 3 is 2.65 bits per heavy atom. The Morgan fingerprint density at radius 1 is 1.13 bits per heavy atom. The fourth-order valence-electron chi connectivity index (χ4n) is 2.57. The van der Waals surface area contributed by atoms with Crippen molar-refractivity contribution in [3.8, 4) is 23.0 Å². The van der Waals surface area contributed by atoms with Crippen molar-refractivity contribution in [1.29, 1.82) is 0 Å². The highest BCUT2D eigenvalue weighted by molar-refractivity contribution is 6.00. The summed E-state index contributed by atoms with van der Waals surface area (Å²) < 4.78 is 5.33. The van der Waals surface area contributed by atoms with E-state index in [1.165, 1.54) is 18.2 Å². The molecular formula is C17H14O6. The molecule has 0 aliphatic carbocycles. The second-order valence-corrected chi connectivity index (χ2v) is 4.99. The predicted molar refractivity (Wildman–Crippen MR) is 85.9 cm³/mol. The van der Waals surface area contributed by atoms with E-state index >= 15 is 0 Å². The van der Waals surface area contributed by atoms with Crippen LogP contribution in [-0.4, -0.2) is 33.6 Å². The standard InChI is InChI=1S/C17H14O6/c18-7-1-3-9-5-6-10-11-4-2-8-23-17(11)16(22)15(21)12(10)14(20)13(9)19/h1-6,18,21-22H,7-8H2,(H,19,20)/b3-1+. The summed E-state index contributed by atoms with van der Waals surface area (Å²) in [5.74, 6) is -1.66. The molecule has 3 rings (SSSR count). The van der Waals surface area contributed by atoms with Crippen molar-refractivity contribution < 1.29 is 25.2 Å². The minimum atomic E-state index is -0.822. The molecule has 0 fully saturated rings. The quantitative estimate of drug-likeness (QED) is 0.629. The number of phenolic OH excluding ortho intramolecular Hbond substituents is 2. The Labute approximate surface area is 130 Å². The highest BCUT2D eigenvalue weighted by Gasteiger charge is 2.23. The van der Waals surface area contributed by atoms with Crippen LogP contribution in [0, 0.1) is 0 Å². The number of hydrogen-bond acceptors (Lipinski definition) is 6. The van der Waals surface area contributed by atoms with E-state index in [0.717, 1.165) is 0 Å². The molecule has 118 valence electrons. The molecule has 0 unspecified atom stereocenters. The maximum atomic E-state index is 12.5. The van der Waals surface area contributed by atoms with Crippen LogP contribution in [0.5, 0.6) is 23.0 Å². The zero-order valence-corrected chi connectivity index (χ0v) is 12.0. The molecule has 6 nitrogen and oxygen atoms in total. The number of aromatic hydroxyl groups is 3. The highest BCUT2D eigenvalue weighted by Crippen LogP contribution is 2.46. The van der Waals surface area contributed by atoms with Crippen LogP contribution in [-0.2, 0) is 0 Å². The third kappa shape index (κ3) is 2.29. The molecule has 0 atom stereocenters. The molecule has 0 aromatic heterocycles. The van der Waals surface area contributed by atoms with Crippen LogP contribution < -0.4 is 10.2 Å². The van der Waals surface area contributed by atoms with Gasteiger partial charge in [-0.25, -0.2) is 0 Å². The molecule has 6 heteroatoms. The third-order valence-electron chi connectivity index (χ3n) is 3.64. The highest BCUT2D eigenvalue weighted by atomic mass is 16.5. The molecule has 1 heterocycles. The van der Waals surface area contributed by atoms with E-state index in [4.69, 9.17) is 9.84 Å². The normalized spacial score (nSPS) is 13.3. The second-order valence-electron chi connectivity index (χ2n) is 4.99. The summed E-state index contributed by atoms with van der Waals surface area (Å²) in [5.41, 5.74) is -0.183. The molecule has 0 amide bonds. The summed E-state index contributed by atoms with van der Waals surface area (Å²) in [6.07, 6.45) is 6.16. The molecular weight excluding hydrogens is 300 g/mol. The molecule has 0 bridgehead atoms. The summed E-state index contributed by atoms with van der Waals surface area (Å²) in [4.78, 5) is 12.5. The molecule has 4 N–H and O–H groups in total. The van der Waals surface area contributed by atoms with E-state index in [1.807, 2.05) is 0 Å². The number of aliphatic hydroxyl groups is 1. The number of rotatable bonds is 2. The van der Waals surface area contributed by atoms with Gasteiger partial charge in [0.05, 0.1) is 12.0 Å². The SMILES string of the molecule is O=c1c(O)c(/C=C/CO)ccc2c3c(c(O)c(O)c12)OCC=C3. The monoisotopic (exact) mass is 314 g/mol. The van der Waals surface area contributed by atoms with Crippen molar-refractivity contribution in [1.82, 2.24) is 0 Å². The van der Waals surface area contributed by atoms with Crippen molar-refractivity contribution in [2.24, 2.45) is 0 Å². The van der Waals surface area contributed by atoms with Gasteiger partial charge in [-0.3, -0.25) is 4.79 Å². The maximum Gasteiger partial charge on any atom is 0.232 e. The smallest absolute Gasteiger partial charge is 0.232 e. The minimum absolute atomic E-state index is 0.0926. The van der Waals surface area contributed by atoms with Crippen molar-refractivity contribution in [3.05, 3.63) is 45.6 Å². The van der Waals surface area contributed by atoms with E-state index in [2.05, 4.69) is 0 Å². The Hall–Kier alpha value is -2.99. The fourth-order valence-corrected chi connectivity index (χ4v) is 2.57. The first kappa shape index (κ1) is 14.9. The molecule has 1 aliphatic rings. The summed E-state index contributed by atoms with van der Waals surface area (Å²) in [6.45, 7) is -0.00575. The third-order valence-corrected chi connectivity index (χ3v) is 3.64. The second kappa shape index (κ2) is 5.66.